The summed E-state index contributed by atoms with van der Waals surface area (Å²) in [5, 5.41) is 20.2. The van der Waals surface area contributed by atoms with E-state index in [4.69, 9.17) is 0 Å². The summed E-state index contributed by atoms with van der Waals surface area (Å²) in [5.74, 6) is -3.81. The van der Waals surface area contributed by atoms with Gasteiger partial charge in [-0.05, 0) is 18.1 Å². The van der Waals surface area contributed by atoms with Gasteiger partial charge in [0.2, 0.25) is 5.91 Å². The van der Waals surface area contributed by atoms with Crippen LogP contribution in [0.1, 0.15) is 17.7 Å². The van der Waals surface area contributed by atoms with E-state index in [2.05, 4.69) is 10.6 Å². The lowest BCUT2D eigenvalue weighted by Gasteiger charge is -2.31. The largest absolute Gasteiger partial charge is 0.480 e. The fraction of sp³-hybridized carbons (Fsp3) is 0.312. The number of carboxylic acids is 2. The van der Waals surface area contributed by atoms with Crippen LogP contribution in [0.3, 0.4) is 0 Å². The molecular formula is C16H18N2O8S2. The SMILES string of the molecule is CC1=C(C(=O)O)N[C@@H]([C@H](NC(=O)[C@@H](c2ccccc2)S(=O)(=O)O)C(=O)O)SC1. The van der Waals surface area contributed by atoms with Gasteiger partial charge in [0.05, 0.1) is 0 Å². The van der Waals surface area contributed by atoms with Crippen molar-refractivity contribution < 1.29 is 37.6 Å². The first-order valence-electron chi connectivity index (χ1n) is 7.88. The molecule has 3 atom stereocenters. The Bertz CT molecular complexity index is 914. The minimum atomic E-state index is -4.89. The number of carbonyl (C=O) groups excluding carboxylic acids is 1. The maximum atomic E-state index is 12.5. The van der Waals surface area contributed by atoms with Crippen LogP contribution in [0.25, 0.3) is 0 Å². The number of benzene rings is 1. The van der Waals surface area contributed by atoms with Gasteiger partial charge in [0, 0.05) is 5.75 Å². The van der Waals surface area contributed by atoms with E-state index in [1.807, 2.05) is 0 Å². The molecule has 0 saturated carbocycles. The lowest BCUT2D eigenvalue weighted by molar-refractivity contribution is -0.142. The molecule has 0 aromatic heterocycles. The average molecular weight is 430 g/mol. The van der Waals surface area contributed by atoms with Crippen molar-refractivity contribution in [3.63, 3.8) is 0 Å². The van der Waals surface area contributed by atoms with Crippen molar-refractivity contribution in [3.05, 3.63) is 47.2 Å². The summed E-state index contributed by atoms with van der Waals surface area (Å²) in [7, 11) is -4.89. The van der Waals surface area contributed by atoms with E-state index >= 15 is 0 Å². The summed E-state index contributed by atoms with van der Waals surface area (Å²) in [5.41, 5.74) is 0.265. The van der Waals surface area contributed by atoms with Crippen molar-refractivity contribution in [1.82, 2.24) is 10.6 Å². The lowest BCUT2D eigenvalue weighted by atomic mass is 10.1. The predicted molar refractivity (Wildman–Crippen MR) is 100 cm³/mol. The number of amides is 1. The Balaban J connectivity index is 2.29. The fourth-order valence-corrected chi connectivity index (χ4v) is 4.59. The highest BCUT2D eigenvalue weighted by Gasteiger charge is 2.39. The topological polar surface area (TPSA) is 170 Å². The molecular weight excluding hydrogens is 412 g/mol. The second-order valence-corrected chi connectivity index (χ2v) is 8.60. The first kappa shape index (κ1) is 21.7. The molecule has 1 amide bonds. The highest BCUT2D eigenvalue weighted by molar-refractivity contribution is 8.00. The zero-order valence-corrected chi connectivity index (χ0v) is 16.2. The van der Waals surface area contributed by atoms with Gasteiger partial charge in [0.15, 0.2) is 11.3 Å². The molecule has 1 heterocycles. The molecule has 0 fully saturated rings. The van der Waals surface area contributed by atoms with Crippen molar-refractivity contribution >= 4 is 39.7 Å². The molecule has 5 N–H and O–H groups in total. The summed E-state index contributed by atoms with van der Waals surface area (Å²) in [6, 6.07) is 5.45. The summed E-state index contributed by atoms with van der Waals surface area (Å²) < 4.78 is 32.9. The molecule has 2 rings (SSSR count). The van der Waals surface area contributed by atoms with Crippen LogP contribution in [0.5, 0.6) is 0 Å². The Labute approximate surface area is 164 Å². The molecule has 10 nitrogen and oxygen atoms in total. The molecule has 12 heteroatoms. The van der Waals surface area contributed by atoms with Crippen molar-refractivity contribution in [2.45, 2.75) is 23.6 Å². The Morgan fingerprint density at radius 1 is 1.21 bits per heavy atom. The van der Waals surface area contributed by atoms with E-state index in [-0.39, 0.29) is 17.0 Å². The second kappa shape index (κ2) is 8.63. The third-order valence-corrected chi connectivity index (χ3v) is 6.34. The van der Waals surface area contributed by atoms with E-state index in [9.17, 15) is 37.6 Å². The molecule has 28 heavy (non-hydrogen) atoms. The van der Waals surface area contributed by atoms with E-state index < -0.39 is 44.6 Å². The number of hydrogen-bond acceptors (Lipinski definition) is 7. The average Bonchev–Trinajstić information content (AvgIpc) is 2.59. The molecule has 0 spiro atoms. The first-order chi connectivity index (χ1) is 13.0. The fourth-order valence-electron chi connectivity index (χ4n) is 2.60. The number of carboxylic acid groups (broad SMARTS) is 2. The van der Waals surface area contributed by atoms with Gasteiger partial charge in [0.25, 0.3) is 10.1 Å². The van der Waals surface area contributed by atoms with Crippen LogP contribution >= 0.6 is 11.8 Å². The Morgan fingerprint density at radius 2 is 1.82 bits per heavy atom. The van der Waals surface area contributed by atoms with Gasteiger partial charge in [-0.15, -0.1) is 11.8 Å². The highest BCUT2D eigenvalue weighted by atomic mass is 32.2. The van der Waals surface area contributed by atoms with Crippen LogP contribution in [-0.4, -0.2) is 58.2 Å². The lowest BCUT2D eigenvalue weighted by Crippen LogP contribution is -2.55. The monoisotopic (exact) mass is 430 g/mol. The third-order valence-electron chi connectivity index (χ3n) is 3.91. The Hall–Kier alpha value is -2.57. The predicted octanol–water partition coefficient (Wildman–Crippen LogP) is 0.206. The molecule has 152 valence electrons. The number of aliphatic carboxylic acids is 2. The van der Waals surface area contributed by atoms with Crippen LogP contribution in [0.2, 0.25) is 0 Å². The summed E-state index contributed by atoms with van der Waals surface area (Å²) in [6.45, 7) is 1.57. The van der Waals surface area contributed by atoms with E-state index in [0.29, 0.717) is 5.57 Å². The molecule has 1 aromatic rings. The molecule has 0 saturated heterocycles. The maximum absolute atomic E-state index is 12.5. The molecule has 1 aliphatic heterocycles. The number of rotatable bonds is 7. The Kier molecular flexibility index (Phi) is 6.69. The van der Waals surface area contributed by atoms with Gasteiger partial charge in [-0.1, -0.05) is 30.3 Å². The van der Waals surface area contributed by atoms with Crippen LogP contribution in [0.15, 0.2) is 41.6 Å². The molecule has 0 unspecified atom stereocenters. The van der Waals surface area contributed by atoms with E-state index in [1.165, 1.54) is 24.3 Å². The number of nitrogens with one attached hydrogen (secondary N) is 2. The molecule has 0 radical (unpaired) electrons. The van der Waals surface area contributed by atoms with Crippen molar-refractivity contribution in [1.29, 1.82) is 0 Å². The first-order valence-corrected chi connectivity index (χ1v) is 10.4. The zero-order valence-electron chi connectivity index (χ0n) is 14.5. The van der Waals surface area contributed by atoms with Gasteiger partial charge < -0.3 is 20.8 Å². The maximum Gasteiger partial charge on any atom is 0.351 e. The Morgan fingerprint density at radius 3 is 2.32 bits per heavy atom. The molecule has 0 aliphatic carbocycles. The van der Waals surface area contributed by atoms with Gasteiger partial charge >= 0.3 is 11.9 Å². The molecule has 1 aromatic carbocycles. The van der Waals surface area contributed by atoms with Gasteiger partial charge in [-0.2, -0.15) is 8.42 Å². The van der Waals surface area contributed by atoms with Gasteiger partial charge in [0.1, 0.15) is 11.1 Å². The number of carbonyl (C=O) groups is 3. The van der Waals surface area contributed by atoms with Gasteiger partial charge in [-0.3, -0.25) is 9.35 Å². The van der Waals surface area contributed by atoms with Crippen molar-refractivity contribution in [2.75, 3.05) is 5.75 Å². The minimum absolute atomic E-state index is 0.0436. The van der Waals surface area contributed by atoms with E-state index in [0.717, 1.165) is 11.8 Å². The van der Waals surface area contributed by atoms with Gasteiger partial charge in [-0.25, -0.2) is 9.59 Å². The highest BCUT2D eigenvalue weighted by Crippen LogP contribution is 2.26. The summed E-state index contributed by atoms with van der Waals surface area (Å²) in [4.78, 5) is 35.5. The third kappa shape index (κ3) is 5.03. The van der Waals surface area contributed by atoms with Crippen molar-refractivity contribution in [3.8, 4) is 0 Å². The van der Waals surface area contributed by atoms with Crippen LogP contribution in [0, 0.1) is 0 Å². The summed E-state index contributed by atoms with van der Waals surface area (Å²) in [6.07, 6.45) is 0. The molecule has 0 bridgehead atoms. The van der Waals surface area contributed by atoms with Crippen LogP contribution in [0.4, 0.5) is 0 Å². The molecule has 1 aliphatic rings. The van der Waals surface area contributed by atoms with Crippen LogP contribution < -0.4 is 10.6 Å². The second-order valence-electron chi connectivity index (χ2n) is 5.97. The number of hydrogen-bond donors (Lipinski definition) is 5. The smallest absolute Gasteiger partial charge is 0.351 e. The standard InChI is InChI=1S/C16H18N2O8S2/c1-8-7-27-14(18-10(8)15(20)21)11(16(22)23)17-13(19)12(28(24,25)26)9-5-3-2-4-6-9/h2-6,11-12,14,18H,7H2,1H3,(H,17,19)(H,20,21)(H,22,23)(H,24,25,26)/t11-,12+,14+/m0/s1. The summed E-state index contributed by atoms with van der Waals surface area (Å²) >= 11 is 1.05. The normalized spacial score (nSPS) is 19.3. The number of thioether (sulfide) groups is 1. The zero-order chi connectivity index (χ0) is 21.1. The quantitative estimate of drug-likeness (QED) is 0.377. The van der Waals surface area contributed by atoms with Crippen molar-refractivity contribution in [2.24, 2.45) is 0 Å². The van der Waals surface area contributed by atoms with E-state index in [1.54, 1.807) is 13.0 Å². The minimum Gasteiger partial charge on any atom is -0.480 e. The van der Waals surface area contributed by atoms with Crippen LogP contribution in [-0.2, 0) is 24.5 Å².